The first-order chi connectivity index (χ1) is 10.3. The van der Waals surface area contributed by atoms with Crippen LogP contribution in [0.4, 0.5) is 6.01 Å². The molecule has 0 saturated heterocycles. The molecule has 0 spiro atoms. The molecule has 1 aliphatic carbocycles. The van der Waals surface area contributed by atoms with Crippen LogP contribution in [0.15, 0.2) is 15.5 Å². The molecule has 2 aromatic rings. The standard InChI is InChI=1S/C11H15N4O6P/c12-11-14-9-8(10(16)21-11)13-5-15(9)7-2-1-6(3-7)4-20-22(17,18)19/h5-7,17-19H,1-4H2,(H-,12,14,16)/p+1. The van der Waals surface area contributed by atoms with Crippen LogP contribution in [0.25, 0.3) is 11.2 Å². The summed E-state index contributed by atoms with van der Waals surface area (Å²) < 4.78 is 11.1. The van der Waals surface area contributed by atoms with Crippen molar-refractivity contribution in [1.29, 1.82) is 0 Å². The number of nitrogens with two attached hydrogens (primary N) is 1. The molecule has 11 heteroatoms. The molecule has 2 atom stereocenters. The van der Waals surface area contributed by atoms with Gasteiger partial charge in [-0.15, -0.1) is 0 Å². The number of aromatic nitrogens is 3. The van der Waals surface area contributed by atoms with E-state index in [1.54, 1.807) is 4.57 Å². The summed E-state index contributed by atoms with van der Waals surface area (Å²) in [7, 11) is -4.20. The molecular weight excluding hydrogens is 315 g/mol. The van der Waals surface area contributed by atoms with Gasteiger partial charge in [0, 0.05) is 6.04 Å². The minimum Gasteiger partial charge on any atom is -0.388 e. The third-order valence-corrected chi connectivity index (χ3v) is 4.26. The van der Waals surface area contributed by atoms with E-state index in [1.807, 2.05) is 0 Å². The highest BCUT2D eigenvalue weighted by atomic mass is 31.2. The van der Waals surface area contributed by atoms with Crippen molar-refractivity contribution in [3.05, 3.63) is 16.7 Å². The van der Waals surface area contributed by atoms with E-state index >= 15 is 0 Å². The lowest BCUT2D eigenvalue weighted by Crippen LogP contribution is -2.11. The van der Waals surface area contributed by atoms with Crippen molar-refractivity contribution in [2.45, 2.75) is 25.3 Å². The number of fused-ring (bicyclic) bond motifs is 1. The van der Waals surface area contributed by atoms with E-state index in [1.165, 1.54) is 6.33 Å². The summed E-state index contributed by atoms with van der Waals surface area (Å²) in [5, 5.41) is 0. The van der Waals surface area contributed by atoms with E-state index in [2.05, 4.69) is 14.5 Å². The molecule has 120 valence electrons. The zero-order valence-electron chi connectivity index (χ0n) is 11.5. The number of nitrogens with zero attached hydrogens (tertiary/aromatic N) is 3. The molecule has 10 nitrogen and oxygen atoms in total. The van der Waals surface area contributed by atoms with E-state index in [0.717, 1.165) is 12.8 Å². The Morgan fingerprint density at radius 2 is 2.23 bits per heavy atom. The average molecular weight is 331 g/mol. The molecule has 0 aliphatic heterocycles. The van der Waals surface area contributed by atoms with Crippen molar-refractivity contribution in [2.24, 2.45) is 5.92 Å². The summed E-state index contributed by atoms with van der Waals surface area (Å²) in [6.45, 7) is 0.0537. The lowest BCUT2D eigenvalue weighted by Gasteiger charge is -2.13. The van der Waals surface area contributed by atoms with Crippen LogP contribution < -0.4 is 11.4 Å². The van der Waals surface area contributed by atoms with Crippen molar-refractivity contribution in [3.63, 3.8) is 0 Å². The number of imidazole rings is 1. The second-order valence-electron chi connectivity index (χ2n) is 5.31. The van der Waals surface area contributed by atoms with Gasteiger partial charge in [0.05, 0.1) is 6.33 Å². The minimum atomic E-state index is -4.20. The fourth-order valence-corrected chi connectivity index (χ4v) is 3.22. The van der Waals surface area contributed by atoms with E-state index in [9.17, 15) is 4.79 Å². The van der Waals surface area contributed by atoms with Crippen LogP contribution in [0.3, 0.4) is 0 Å². The molecule has 1 aliphatic rings. The number of hydrogen-bond acceptors (Lipinski definition) is 9. The normalized spacial score (nSPS) is 22.5. The molecule has 5 N–H and O–H groups in total. The van der Waals surface area contributed by atoms with Crippen LogP contribution in [0.5, 0.6) is 0 Å². The van der Waals surface area contributed by atoms with Crippen molar-refractivity contribution in [1.82, 2.24) is 14.5 Å². The Hall–Kier alpha value is -1.58. The Balaban J connectivity index is 1.77. The molecule has 2 heterocycles. The fourth-order valence-electron chi connectivity index (χ4n) is 2.81. The van der Waals surface area contributed by atoms with Crippen molar-refractivity contribution in [2.75, 3.05) is 12.3 Å². The number of hydrogen-bond donors (Lipinski definition) is 4. The molecule has 3 rings (SSSR count). The van der Waals surface area contributed by atoms with Crippen molar-refractivity contribution >= 4 is 25.3 Å². The predicted molar refractivity (Wildman–Crippen MR) is 76.4 cm³/mol. The van der Waals surface area contributed by atoms with Gasteiger partial charge < -0.3 is 14.7 Å². The largest absolute Gasteiger partial charge is 0.567 e. The lowest BCUT2D eigenvalue weighted by molar-refractivity contribution is 0.137. The number of nitrogen functional groups attached to an aromatic ring is 1. The SMILES string of the molecule is Nc1nc2c(ncn2C2CCC(CO[P+](O)(O)O)C2)c(=O)o1. The van der Waals surface area contributed by atoms with Gasteiger partial charge in [0.1, 0.15) is 6.61 Å². The summed E-state index contributed by atoms with van der Waals surface area (Å²) >= 11 is 0. The quantitative estimate of drug-likeness (QED) is 0.565. The Morgan fingerprint density at radius 3 is 2.95 bits per heavy atom. The highest BCUT2D eigenvalue weighted by Crippen LogP contribution is 2.47. The molecule has 0 radical (unpaired) electrons. The summed E-state index contributed by atoms with van der Waals surface area (Å²) in [5.41, 5.74) is 5.32. The molecule has 0 bridgehead atoms. The summed E-state index contributed by atoms with van der Waals surface area (Å²) in [4.78, 5) is 46.2. The third kappa shape index (κ3) is 3.11. The fraction of sp³-hybridized carbons (Fsp3) is 0.545. The Labute approximate surface area is 124 Å². The summed E-state index contributed by atoms with van der Waals surface area (Å²) in [6, 6.07) is -0.177. The Bertz CT molecular complexity index is 738. The highest BCUT2D eigenvalue weighted by molar-refractivity contribution is 7.53. The maximum absolute atomic E-state index is 11.6. The molecule has 0 aromatic carbocycles. The molecule has 1 fully saturated rings. The van der Waals surface area contributed by atoms with Gasteiger partial charge >= 0.3 is 13.8 Å². The first kappa shape index (κ1) is 15.3. The van der Waals surface area contributed by atoms with Crippen LogP contribution in [0.1, 0.15) is 25.3 Å². The second kappa shape index (κ2) is 5.56. The smallest absolute Gasteiger partial charge is 0.388 e. The lowest BCUT2D eigenvalue weighted by atomic mass is 10.1. The molecule has 2 aromatic heterocycles. The summed E-state index contributed by atoms with van der Waals surface area (Å²) in [6.07, 6.45) is 3.76. The van der Waals surface area contributed by atoms with E-state index in [4.69, 9.17) is 24.8 Å². The van der Waals surface area contributed by atoms with Gasteiger partial charge in [-0.2, -0.15) is 24.2 Å². The maximum atomic E-state index is 11.6. The van der Waals surface area contributed by atoms with Gasteiger partial charge in [-0.05, 0) is 25.2 Å². The zero-order valence-corrected chi connectivity index (χ0v) is 12.4. The van der Waals surface area contributed by atoms with Gasteiger partial charge in [0.25, 0.3) is 6.01 Å². The molecule has 2 unspecified atom stereocenters. The average Bonchev–Trinajstić information content (AvgIpc) is 3.01. The minimum absolute atomic E-state index is 0.0381. The van der Waals surface area contributed by atoms with Crippen LogP contribution >= 0.6 is 8.17 Å². The van der Waals surface area contributed by atoms with Crippen LogP contribution in [0, 0.1) is 5.92 Å². The van der Waals surface area contributed by atoms with Gasteiger partial charge in [0.2, 0.25) is 0 Å². The van der Waals surface area contributed by atoms with Gasteiger partial charge in [-0.25, -0.2) is 9.78 Å². The molecule has 0 amide bonds. The van der Waals surface area contributed by atoms with Crippen LogP contribution in [-0.4, -0.2) is 35.8 Å². The van der Waals surface area contributed by atoms with E-state index in [-0.39, 0.29) is 30.1 Å². The zero-order chi connectivity index (χ0) is 15.9. The number of anilines is 1. The first-order valence-corrected chi connectivity index (χ1v) is 8.25. The third-order valence-electron chi connectivity index (χ3n) is 3.76. The maximum Gasteiger partial charge on any atom is 0.567 e. The van der Waals surface area contributed by atoms with E-state index < -0.39 is 13.8 Å². The monoisotopic (exact) mass is 331 g/mol. The van der Waals surface area contributed by atoms with Gasteiger partial charge in [-0.3, -0.25) is 0 Å². The first-order valence-electron chi connectivity index (χ1n) is 6.68. The van der Waals surface area contributed by atoms with E-state index in [0.29, 0.717) is 12.1 Å². The van der Waals surface area contributed by atoms with Gasteiger partial charge in [0.15, 0.2) is 11.2 Å². The van der Waals surface area contributed by atoms with Gasteiger partial charge in [-0.1, -0.05) is 0 Å². The second-order valence-corrected chi connectivity index (χ2v) is 6.59. The highest BCUT2D eigenvalue weighted by Gasteiger charge is 2.36. The van der Waals surface area contributed by atoms with Crippen LogP contribution in [0.2, 0.25) is 0 Å². The molecular formula is C11H16N4O6P+. The van der Waals surface area contributed by atoms with Crippen molar-refractivity contribution < 1.29 is 23.6 Å². The predicted octanol–water partition coefficient (Wildman–Crippen LogP) is -0.0210. The van der Waals surface area contributed by atoms with Crippen LogP contribution in [-0.2, 0) is 4.52 Å². The topological polar surface area (TPSA) is 157 Å². The molecule has 22 heavy (non-hydrogen) atoms. The number of rotatable bonds is 4. The molecule has 1 saturated carbocycles. The Kier molecular flexibility index (Phi) is 3.87. The van der Waals surface area contributed by atoms with Crippen molar-refractivity contribution in [3.8, 4) is 0 Å². The Morgan fingerprint density at radius 1 is 1.45 bits per heavy atom. The summed E-state index contributed by atoms with van der Waals surface area (Å²) in [5.74, 6) is 0.0609.